The van der Waals surface area contributed by atoms with Gasteiger partial charge in [0.15, 0.2) is 0 Å². The Balaban J connectivity index is 0.000000141. The van der Waals surface area contributed by atoms with Crippen molar-refractivity contribution in [1.29, 1.82) is 0 Å². The summed E-state index contributed by atoms with van der Waals surface area (Å²) in [6.45, 7) is 25.6. The number of aromatic nitrogens is 3. The number of pyridine rings is 3. The van der Waals surface area contributed by atoms with Crippen LogP contribution in [0.3, 0.4) is 0 Å². The minimum absolute atomic E-state index is 0.0728. The first-order valence-corrected chi connectivity index (χ1v) is 33.3. The van der Waals surface area contributed by atoms with Crippen molar-refractivity contribution in [1.82, 2.24) is 34.6 Å². The first kappa shape index (κ1) is 69.4. The molecule has 4 unspecified atom stereocenters. The number of hydrogen-bond donors (Lipinski definition) is 0. The molecule has 0 saturated heterocycles. The van der Waals surface area contributed by atoms with Gasteiger partial charge in [0.1, 0.15) is 24.2 Å². The fourth-order valence-corrected chi connectivity index (χ4v) is 13.0. The summed E-state index contributed by atoms with van der Waals surface area (Å²) in [6, 6.07) is 48.3. The number of carbonyl (C=O) groups is 5. The molecule has 16 nitrogen and oxygen atoms in total. The zero-order chi connectivity index (χ0) is 68.5. The zero-order valence-corrected chi connectivity index (χ0v) is 56.5. The van der Waals surface area contributed by atoms with Crippen LogP contribution in [0.1, 0.15) is 106 Å². The highest BCUT2D eigenvalue weighted by Crippen LogP contribution is 2.36. The molecule has 0 saturated carbocycles. The Bertz CT molecular complexity index is 4070. The van der Waals surface area contributed by atoms with Crippen molar-refractivity contribution in [3.05, 3.63) is 291 Å². The molecule has 4 aliphatic heterocycles. The van der Waals surface area contributed by atoms with Gasteiger partial charge in [-0.05, 0) is 133 Å². The Labute approximate surface area is 573 Å². The molecule has 17 heteroatoms. The summed E-state index contributed by atoms with van der Waals surface area (Å²) < 4.78 is 21.1. The third-order valence-electron chi connectivity index (χ3n) is 17.8. The maximum Gasteiger partial charge on any atom is 0.329 e. The lowest BCUT2D eigenvalue weighted by atomic mass is 9.93. The van der Waals surface area contributed by atoms with Gasteiger partial charge >= 0.3 is 23.9 Å². The van der Waals surface area contributed by atoms with Crippen molar-refractivity contribution >= 4 is 64.6 Å². The van der Waals surface area contributed by atoms with Crippen LogP contribution in [0.4, 0.5) is 0 Å². The predicted octanol–water partition coefficient (Wildman–Crippen LogP) is 13.2. The largest absolute Gasteiger partial charge is 0.464 e. The molecule has 3 aromatic heterocycles. The van der Waals surface area contributed by atoms with Crippen molar-refractivity contribution in [3.8, 4) is 0 Å². The van der Waals surface area contributed by atoms with Gasteiger partial charge < -0.3 is 38.5 Å². The minimum atomic E-state index is -0.571. The number of fused-ring (bicyclic) bond motifs is 5. The van der Waals surface area contributed by atoms with Crippen LogP contribution in [0.15, 0.2) is 208 Å². The maximum atomic E-state index is 13.3. The molecule has 97 heavy (non-hydrogen) atoms. The number of esters is 4. The smallest absolute Gasteiger partial charge is 0.329 e. The summed E-state index contributed by atoms with van der Waals surface area (Å²) in [6.07, 6.45) is 13.5. The van der Waals surface area contributed by atoms with Gasteiger partial charge in [-0.2, -0.15) is 0 Å². The van der Waals surface area contributed by atoms with Gasteiger partial charge in [0, 0.05) is 117 Å². The Morgan fingerprint density at radius 1 is 0.443 bits per heavy atom. The standard InChI is InChI=1S/C23H23NO3.C19H19ClN2O2.2C19H20N2O2/c1-3-27-23(26)21-13-16-6-4-5-7-18(16)14-24(21)22(25)20-11-17-9-8-15(2)10-19(17)12-20;1-3-24-19(23)18-10-14-6-4-5-7-15(14)12-22(18)13(2)17-9-8-16(20)11-21-17;1-3-23-19(22)18-11-15-7-4-5-8-17(15)13-21(18)14(2)16-9-6-10-20-12-16;1-3-23-19(22)18-12-16-6-4-5-7-17(16)13-21(18)14(2)15-8-10-20-11-9-15/h4-11,21H,3,12-14H2,1-2H3;4-9,11,18H,2-3,10,12H2,1H3;4-10,12,18H,2-3,11,13H2,1H3;4-11,18H,2-3,12-13H2,1H3. The summed E-state index contributed by atoms with van der Waals surface area (Å²) in [4.78, 5) is 83.5. The molecule has 5 aliphatic rings. The molecular weight excluding hydrogens is 1240 g/mol. The van der Waals surface area contributed by atoms with E-state index in [0.717, 1.165) is 44.8 Å². The normalized spacial score (nSPS) is 16.9. The van der Waals surface area contributed by atoms with Crippen LogP contribution in [-0.4, -0.2) is 115 Å². The summed E-state index contributed by atoms with van der Waals surface area (Å²) >= 11 is 5.91. The van der Waals surface area contributed by atoms with Crippen LogP contribution in [0, 0.1) is 6.92 Å². The quantitative estimate of drug-likeness (QED) is 0.0700. The third-order valence-corrected chi connectivity index (χ3v) is 18.1. The van der Waals surface area contributed by atoms with Crippen LogP contribution in [-0.2, 0) is 101 Å². The summed E-state index contributed by atoms with van der Waals surface area (Å²) in [7, 11) is 0. The summed E-state index contributed by atoms with van der Waals surface area (Å²) in [5.74, 6) is -1.03. The number of aryl methyl sites for hydroxylation is 1. The van der Waals surface area contributed by atoms with Gasteiger partial charge in [-0.15, -0.1) is 0 Å². The highest BCUT2D eigenvalue weighted by atomic mass is 35.5. The number of carbonyl (C=O) groups excluding carboxylic acids is 5. The fourth-order valence-electron chi connectivity index (χ4n) is 12.8. The average Bonchev–Trinajstić information content (AvgIpc) is 1.65. The molecule has 0 bridgehead atoms. The van der Waals surface area contributed by atoms with Crippen LogP contribution in [0.25, 0.3) is 23.2 Å². The van der Waals surface area contributed by atoms with Crippen molar-refractivity contribution < 1.29 is 42.9 Å². The molecule has 7 heterocycles. The topological polar surface area (TPSA) is 174 Å². The Hall–Kier alpha value is -10.5. The van der Waals surface area contributed by atoms with E-state index in [1.54, 1.807) is 48.9 Å². The first-order chi connectivity index (χ1) is 47.1. The second-order valence-corrected chi connectivity index (χ2v) is 24.4. The highest BCUT2D eigenvalue weighted by molar-refractivity contribution is 6.30. The van der Waals surface area contributed by atoms with Gasteiger partial charge in [-0.25, -0.2) is 19.2 Å². The van der Waals surface area contributed by atoms with E-state index in [1.165, 1.54) is 44.5 Å². The highest BCUT2D eigenvalue weighted by Gasteiger charge is 2.39. The van der Waals surface area contributed by atoms with E-state index in [2.05, 4.69) is 96.2 Å². The minimum Gasteiger partial charge on any atom is -0.464 e. The number of amides is 1. The van der Waals surface area contributed by atoms with E-state index >= 15 is 0 Å². The number of rotatable bonds is 15. The molecule has 0 fully saturated rings. The molecule has 1 aliphatic carbocycles. The van der Waals surface area contributed by atoms with Crippen LogP contribution >= 0.6 is 11.6 Å². The molecular formula is C80H82ClN7O9. The number of ether oxygens (including phenoxy) is 4. The Kier molecular flexibility index (Phi) is 23.5. The van der Waals surface area contributed by atoms with Gasteiger partial charge in [-0.3, -0.25) is 19.7 Å². The van der Waals surface area contributed by atoms with E-state index in [0.29, 0.717) is 101 Å². The summed E-state index contributed by atoms with van der Waals surface area (Å²) in [5, 5.41) is 0.567. The molecule has 8 aromatic rings. The van der Waals surface area contributed by atoms with E-state index < -0.39 is 12.1 Å². The monoisotopic (exact) mass is 1320 g/mol. The SMILES string of the molecule is C=C(c1ccc(Cl)cn1)N1Cc2ccccc2CC1C(=O)OCC.C=C(c1cccnc1)N1Cc2ccccc2CC1C(=O)OCC.C=C(c1ccncc1)N1Cc2ccccc2CC1C(=O)OCC.CCOC(=O)C1Cc2ccccc2CN1C(=O)C1=Cc2ccc(C)cc2C1. The van der Waals surface area contributed by atoms with E-state index in [1.807, 2.05) is 133 Å². The number of halogens is 1. The molecule has 0 N–H and O–H groups in total. The fraction of sp³-hybridized carbons (Fsp3) is 0.275. The van der Waals surface area contributed by atoms with Gasteiger partial charge in [0.05, 0.1) is 42.8 Å². The Morgan fingerprint density at radius 3 is 1.27 bits per heavy atom. The predicted molar refractivity (Wildman–Crippen MR) is 377 cm³/mol. The average molecular weight is 1320 g/mol. The number of hydrogen-bond acceptors (Lipinski definition) is 15. The maximum absolute atomic E-state index is 13.3. The lowest BCUT2D eigenvalue weighted by Crippen LogP contribution is -2.49. The third kappa shape index (κ3) is 16.8. The lowest BCUT2D eigenvalue weighted by molar-refractivity contribution is -0.154. The van der Waals surface area contributed by atoms with Crippen LogP contribution in [0.5, 0.6) is 0 Å². The molecule has 5 aromatic carbocycles. The van der Waals surface area contributed by atoms with Crippen molar-refractivity contribution in [2.45, 2.75) is 117 Å². The molecule has 4 atom stereocenters. The number of nitrogens with zero attached hydrogens (tertiary/aromatic N) is 7. The zero-order valence-electron chi connectivity index (χ0n) is 55.7. The molecule has 13 rings (SSSR count). The van der Waals surface area contributed by atoms with Crippen molar-refractivity contribution in [2.75, 3.05) is 26.4 Å². The molecule has 0 spiro atoms. The van der Waals surface area contributed by atoms with Gasteiger partial charge in [0.25, 0.3) is 5.91 Å². The van der Waals surface area contributed by atoms with Gasteiger partial charge in [-0.1, -0.05) is 152 Å². The Morgan fingerprint density at radius 2 is 0.856 bits per heavy atom. The van der Waals surface area contributed by atoms with Crippen LogP contribution in [0.2, 0.25) is 5.02 Å². The van der Waals surface area contributed by atoms with Crippen LogP contribution < -0.4 is 0 Å². The second-order valence-electron chi connectivity index (χ2n) is 24.0. The lowest BCUT2D eigenvalue weighted by Gasteiger charge is -2.38. The van der Waals surface area contributed by atoms with Crippen molar-refractivity contribution in [2.24, 2.45) is 0 Å². The van der Waals surface area contributed by atoms with E-state index in [4.69, 9.17) is 30.5 Å². The summed E-state index contributed by atoms with van der Waals surface area (Å²) in [5.41, 5.74) is 18.5. The van der Waals surface area contributed by atoms with Crippen molar-refractivity contribution in [3.63, 3.8) is 0 Å². The van der Waals surface area contributed by atoms with E-state index in [-0.39, 0.29) is 41.9 Å². The van der Waals surface area contributed by atoms with E-state index in [9.17, 15) is 24.0 Å². The molecule has 0 radical (unpaired) electrons. The van der Waals surface area contributed by atoms with Gasteiger partial charge in [0.2, 0.25) is 0 Å². The molecule has 498 valence electrons. The molecule has 1 amide bonds. The second kappa shape index (κ2) is 32.8. The first-order valence-electron chi connectivity index (χ1n) is 32.9. The number of benzene rings is 5.